The number of likely N-dealkylation sites (N-methyl/N-ethyl adjacent to an activating group) is 1. The van der Waals surface area contributed by atoms with E-state index in [1.165, 1.54) is 47.9 Å². The van der Waals surface area contributed by atoms with E-state index < -0.39 is 0 Å². The Balaban J connectivity index is 1.51. The number of carbonyl (C=O) groups excluding carboxylic acids is 1. The Labute approximate surface area is 162 Å². The number of ether oxygens (including phenoxy) is 1. The summed E-state index contributed by atoms with van der Waals surface area (Å²) in [5.41, 5.74) is 5.34. The Bertz CT molecular complexity index is 770. The zero-order valence-electron chi connectivity index (χ0n) is 16.7. The highest BCUT2D eigenvalue weighted by molar-refractivity contribution is 5.77. The molecule has 0 saturated carbocycles. The number of carbonyl (C=O) groups is 1. The zero-order chi connectivity index (χ0) is 19.2. The molecule has 1 unspecified atom stereocenters. The molecule has 0 aromatic heterocycles. The van der Waals surface area contributed by atoms with E-state index in [0.29, 0.717) is 6.54 Å². The van der Waals surface area contributed by atoms with Gasteiger partial charge in [-0.15, -0.1) is 0 Å². The minimum Gasteiger partial charge on any atom is -0.497 e. The minimum absolute atomic E-state index is 0.0403. The van der Waals surface area contributed by atoms with Crippen molar-refractivity contribution in [1.82, 2.24) is 5.32 Å². The second-order valence-electron chi connectivity index (χ2n) is 7.68. The first-order chi connectivity index (χ1) is 13.0. The average molecular weight is 368 g/mol. The van der Waals surface area contributed by atoms with E-state index in [1.807, 2.05) is 19.2 Å². The van der Waals surface area contributed by atoms with Gasteiger partial charge in [0.1, 0.15) is 12.3 Å². The summed E-state index contributed by atoms with van der Waals surface area (Å²) in [7, 11) is 3.72. The van der Waals surface area contributed by atoms with Crippen molar-refractivity contribution in [2.75, 3.05) is 20.7 Å². The fourth-order valence-electron chi connectivity index (χ4n) is 3.83. The lowest BCUT2D eigenvalue weighted by Gasteiger charge is -2.21. The predicted molar refractivity (Wildman–Crippen MR) is 108 cm³/mol. The highest BCUT2D eigenvalue weighted by atomic mass is 16.5. The molecule has 2 aromatic carbocycles. The molecule has 0 fully saturated rings. The third-order valence-electron chi connectivity index (χ3n) is 5.38. The van der Waals surface area contributed by atoms with Gasteiger partial charge in [0.2, 0.25) is 0 Å². The molecule has 0 saturated heterocycles. The van der Waals surface area contributed by atoms with Crippen molar-refractivity contribution < 1.29 is 14.4 Å². The van der Waals surface area contributed by atoms with Gasteiger partial charge >= 0.3 is 0 Å². The van der Waals surface area contributed by atoms with E-state index in [2.05, 4.69) is 42.6 Å². The van der Waals surface area contributed by atoms with Crippen molar-refractivity contribution >= 4 is 5.91 Å². The van der Waals surface area contributed by atoms with Crippen LogP contribution in [0.5, 0.6) is 5.75 Å². The number of fused-ring (bicyclic) bond motifs is 1. The van der Waals surface area contributed by atoms with Gasteiger partial charge in [0.05, 0.1) is 20.2 Å². The Hall–Kier alpha value is -2.33. The SMILES string of the molecule is COc1ccc(C[NH+](C)CC(=O)N[C@@H](C)c2ccc3c(c2)CCCC3)cc1. The Morgan fingerprint density at radius 1 is 1.11 bits per heavy atom. The fraction of sp³-hybridized carbons (Fsp3) is 0.435. The van der Waals surface area contributed by atoms with Crippen LogP contribution in [0.15, 0.2) is 42.5 Å². The number of amides is 1. The van der Waals surface area contributed by atoms with Crippen molar-refractivity contribution in [2.24, 2.45) is 0 Å². The topological polar surface area (TPSA) is 42.8 Å². The van der Waals surface area contributed by atoms with Crippen LogP contribution in [-0.4, -0.2) is 26.6 Å². The normalized spacial score (nSPS) is 15.5. The van der Waals surface area contributed by atoms with Gasteiger partial charge < -0.3 is 15.0 Å². The molecular formula is C23H31N2O2+. The van der Waals surface area contributed by atoms with Crippen molar-refractivity contribution in [2.45, 2.75) is 45.2 Å². The van der Waals surface area contributed by atoms with Gasteiger partial charge in [-0.05, 0) is 73.6 Å². The summed E-state index contributed by atoms with van der Waals surface area (Å²) in [5.74, 6) is 0.944. The molecule has 2 N–H and O–H groups in total. The zero-order valence-corrected chi connectivity index (χ0v) is 16.7. The number of nitrogens with one attached hydrogen (secondary N) is 2. The van der Waals surface area contributed by atoms with Gasteiger partial charge in [0, 0.05) is 5.56 Å². The maximum absolute atomic E-state index is 12.5. The van der Waals surface area contributed by atoms with Crippen molar-refractivity contribution in [3.05, 3.63) is 64.7 Å². The molecule has 2 atom stereocenters. The first kappa shape index (κ1) is 19.4. The average Bonchev–Trinajstić information content (AvgIpc) is 2.68. The Morgan fingerprint density at radius 3 is 2.52 bits per heavy atom. The van der Waals surface area contributed by atoms with Crippen LogP contribution in [0.4, 0.5) is 0 Å². The highest BCUT2D eigenvalue weighted by Crippen LogP contribution is 2.24. The smallest absolute Gasteiger partial charge is 0.275 e. The lowest BCUT2D eigenvalue weighted by Crippen LogP contribution is -3.08. The van der Waals surface area contributed by atoms with E-state index in [9.17, 15) is 4.79 Å². The monoisotopic (exact) mass is 367 g/mol. The van der Waals surface area contributed by atoms with Crippen molar-refractivity contribution in [3.8, 4) is 5.75 Å². The van der Waals surface area contributed by atoms with Crippen LogP contribution < -0.4 is 15.0 Å². The molecule has 4 nitrogen and oxygen atoms in total. The summed E-state index contributed by atoms with van der Waals surface area (Å²) >= 11 is 0. The molecular weight excluding hydrogens is 336 g/mol. The van der Waals surface area contributed by atoms with E-state index >= 15 is 0 Å². The van der Waals surface area contributed by atoms with Crippen LogP contribution in [0.1, 0.15) is 48.1 Å². The Morgan fingerprint density at radius 2 is 1.81 bits per heavy atom. The molecule has 1 amide bonds. The van der Waals surface area contributed by atoms with Crippen molar-refractivity contribution in [1.29, 1.82) is 0 Å². The van der Waals surface area contributed by atoms with Gasteiger partial charge in [0.25, 0.3) is 5.91 Å². The van der Waals surface area contributed by atoms with Crippen LogP contribution >= 0.6 is 0 Å². The number of rotatable bonds is 7. The molecule has 0 heterocycles. The van der Waals surface area contributed by atoms with Gasteiger partial charge in [-0.1, -0.05) is 18.2 Å². The standard InChI is InChI=1S/C23H30N2O2/c1-17(20-11-10-19-6-4-5-7-21(19)14-20)24-23(26)16-25(2)15-18-8-12-22(27-3)13-9-18/h8-14,17H,4-7,15-16H2,1-3H3,(H,24,26)/p+1/t17-/m0/s1. The molecule has 3 rings (SSSR count). The second kappa shape index (κ2) is 9.05. The van der Waals surface area contributed by atoms with Crippen LogP contribution in [-0.2, 0) is 24.2 Å². The van der Waals surface area contributed by atoms with Crippen LogP contribution in [0, 0.1) is 0 Å². The highest BCUT2D eigenvalue weighted by Gasteiger charge is 2.16. The lowest BCUT2D eigenvalue weighted by molar-refractivity contribution is -0.885. The molecule has 0 bridgehead atoms. The minimum atomic E-state index is 0.0403. The molecule has 0 radical (unpaired) electrons. The number of methoxy groups -OCH3 is 1. The van der Waals surface area contributed by atoms with Gasteiger partial charge in [-0.2, -0.15) is 0 Å². The lowest BCUT2D eigenvalue weighted by atomic mass is 9.89. The van der Waals surface area contributed by atoms with Gasteiger partial charge in [0.15, 0.2) is 6.54 Å². The van der Waals surface area contributed by atoms with Gasteiger partial charge in [-0.25, -0.2) is 0 Å². The first-order valence-corrected chi connectivity index (χ1v) is 9.90. The van der Waals surface area contributed by atoms with E-state index in [0.717, 1.165) is 17.2 Å². The third-order valence-corrected chi connectivity index (χ3v) is 5.38. The predicted octanol–water partition coefficient (Wildman–Crippen LogP) is 2.47. The summed E-state index contributed by atoms with van der Waals surface area (Å²) < 4.78 is 5.19. The van der Waals surface area contributed by atoms with Crippen molar-refractivity contribution in [3.63, 3.8) is 0 Å². The second-order valence-corrected chi connectivity index (χ2v) is 7.68. The molecule has 2 aromatic rings. The molecule has 27 heavy (non-hydrogen) atoms. The molecule has 0 aliphatic heterocycles. The fourth-order valence-corrected chi connectivity index (χ4v) is 3.83. The quantitative estimate of drug-likeness (QED) is 0.789. The van der Waals surface area contributed by atoms with Crippen LogP contribution in [0.2, 0.25) is 0 Å². The van der Waals surface area contributed by atoms with E-state index in [4.69, 9.17) is 4.74 Å². The summed E-state index contributed by atoms with van der Waals surface area (Å²) in [6.07, 6.45) is 4.92. The summed E-state index contributed by atoms with van der Waals surface area (Å²) in [4.78, 5) is 13.6. The maximum atomic E-state index is 12.5. The number of aryl methyl sites for hydroxylation is 2. The first-order valence-electron chi connectivity index (χ1n) is 9.90. The summed E-state index contributed by atoms with van der Waals surface area (Å²) in [6, 6.07) is 14.8. The number of quaternary nitrogens is 1. The Kier molecular flexibility index (Phi) is 6.51. The summed E-state index contributed by atoms with van der Waals surface area (Å²) in [5, 5.41) is 3.16. The molecule has 1 aliphatic carbocycles. The van der Waals surface area contributed by atoms with E-state index in [1.54, 1.807) is 7.11 Å². The van der Waals surface area contributed by atoms with Gasteiger partial charge in [-0.3, -0.25) is 4.79 Å². The third kappa shape index (κ3) is 5.33. The molecule has 144 valence electrons. The maximum Gasteiger partial charge on any atom is 0.275 e. The molecule has 0 spiro atoms. The summed E-state index contributed by atoms with van der Waals surface area (Å²) in [6.45, 7) is 3.34. The number of hydrogen-bond donors (Lipinski definition) is 2. The molecule has 4 heteroatoms. The number of benzene rings is 2. The van der Waals surface area contributed by atoms with Crippen LogP contribution in [0.25, 0.3) is 0 Å². The largest absolute Gasteiger partial charge is 0.497 e. The van der Waals surface area contributed by atoms with E-state index in [-0.39, 0.29) is 11.9 Å². The number of hydrogen-bond acceptors (Lipinski definition) is 2. The van der Waals surface area contributed by atoms with Crippen LogP contribution in [0.3, 0.4) is 0 Å². The molecule has 1 aliphatic rings.